The van der Waals surface area contributed by atoms with Crippen LogP contribution < -0.4 is 28.1 Å². The van der Waals surface area contributed by atoms with E-state index in [4.69, 9.17) is 0 Å². The number of allylic oxidation sites excluding steroid dienone is 4. The molecular weight excluding hydrogens is 679 g/mol. The van der Waals surface area contributed by atoms with E-state index < -0.39 is 21.3 Å². The predicted octanol–water partition coefficient (Wildman–Crippen LogP) is 4.44. The van der Waals surface area contributed by atoms with E-state index in [1.54, 1.807) is 20.9 Å². The maximum Gasteiger partial charge on any atom is -1.00 e. The maximum absolute atomic E-state index is 2.81. The minimum absolute atomic E-state index is 0. The van der Waals surface area contributed by atoms with Gasteiger partial charge in [0.25, 0.3) is 0 Å². The van der Waals surface area contributed by atoms with Gasteiger partial charge in [-0.15, -0.1) is 0 Å². The molecule has 0 saturated heterocycles. The zero-order valence-electron chi connectivity index (χ0n) is 28.2. The summed E-state index contributed by atoms with van der Waals surface area (Å²) in [7, 11) is 0. The topological polar surface area (TPSA) is 0 Å². The molecule has 1 unspecified atom stereocenters. The molecule has 3 aliphatic carbocycles. The van der Waals surface area contributed by atoms with Crippen LogP contribution in [0.4, 0.5) is 0 Å². The van der Waals surface area contributed by atoms with Crippen molar-refractivity contribution in [2.75, 3.05) is 0 Å². The van der Waals surface area contributed by atoms with Crippen molar-refractivity contribution >= 4 is 6.48 Å². The first-order valence-corrected chi connectivity index (χ1v) is 20.5. The normalized spacial score (nSPS) is 17.4. The molecule has 0 N–H and O–H groups in total. The number of fused-ring (bicyclic) bond motifs is 3. The summed E-state index contributed by atoms with van der Waals surface area (Å²) in [6.07, 6.45) is 13.3. The molecule has 4 aromatic carbocycles. The van der Waals surface area contributed by atoms with E-state index in [0.717, 1.165) is 6.42 Å². The molecular formula is C43H46Cl2Zr. The molecule has 0 bridgehead atoms. The van der Waals surface area contributed by atoms with Crippen molar-refractivity contribution in [3.8, 4) is 11.1 Å². The molecule has 0 radical (unpaired) electrons. The Hall–Kier alpha value is -2.31. The number of benzene rings is 4. The van der Waals surface area contributed by atoms with Gasteiger partial charge in [0.05, 0.1) is 0 Å². The van der Waals surface area contributed by atoms with E-state index in [2.05, 4.69) is 133 Å². The second kappa shape index (κ2) is 14.0. The van der Waals surface area contributed by atoms with E-state index in [0.29, 0.717) is 11.3 Å². The van der Waals surface area contributed by atoms with Gasteiger partial charge in [0, 0.05) is 0 Å². The second-order valence-electron chi connectivity index (χ2n) is 14.1. The van der Waals surface area contributed by atoms with Crippen LogP contribution in [0.25, 0.3) is 11.1 Å². The molecule has 4 aromatic rings. The Balaban J connectivity index is 0.00000208. The Kier molecular flexibility index (Phi) is 10.7. The largest absolute Gasteiger partial charge is 1.00 e. The van der Waals surface area contributed by atoms with Crippen LogP contribution in [0.1, 0.15) is 90.5 Å². The number of rotatable bonds is 5. The van der Waals surface area contributed by atoms with Crippen LogP contribution in [0, 0.1) is 39.0 Å². The van der Waals surface area contributed by atoms with E-state index in [9.17, 15) is 0 Å². The van der Waals surface area contributed by atoms with Crippen molar-refractivity contribution in [3.63, 3.8) is 0 Å². The summed E-state index contributed by atoms with van der Waals surface area (Å²) in [6.45, 7) is 14.4. The molecule has 1 fully saturated rings. The average Bonchev–Trinajstić information content (AvgIpc) is 3.58. The Labute approximate surface area is 297 Å². The Morgan fingerprint density at radius 1 is 0.717 bits per heavy atom. The van der Waals surface area contributed by atoms with Crippen LogP contribution in [0.3, 0.4) is 0 Å². The van der Waals surface area contributed by atoms with E-state index in [-0.39, 0.29) is 24.8 Å². The van der Waals surface area contributed by atoms with Gasteiger partial charge in [-0.25, -0.2) is 0 Å². The van der Waals surface area contributed by atoms with Crippen LogP contribution in [-0.4, -0.2) is 3.21 Å². The molecule has 46 heavy (non-hydrogen) atoms. The van der Waals surface area contributed by atoms with E-state index in [1.165, 1.54) is 82.2 Å². The number of hydrogen-bond donors (Lipinski definition) is 0. The molecule has 1 atom stereocenters. The summed E-state index contributed by atoms with van der Waals surface area (Å²) in [6, 6.07) is 30.3. The van der Waals surface area contributed by atoms with E-state index in [1.807, 2.05) is 0 Å². The first-order valence-electron chi connectivity index (χ1n) is 16.8. The summed E-state index contributed by atoms with van der Waals surface area (Å²) >= 11 is -2.81. The third-order valence-electron chi connectivity index (χ3n) is 11.1. The van der Waals surface area contributed by atoms with Crippen molar-refractivity contribution in [2.24, 2.45) is 11.3 Å². The maximum atomic E-state index is 2.75. The van der Waals surface area contributed by atoms with Gasteiger partial charge in [-0.1, -0.05) is 0 Å². The SMILES string of the molecule is Cc1cc2c(cc1C)-c1cc(C)c(C)[c]([Zr+2]([C]3=CC(C4(C)CCCCC4)=CC3C)=[C](c3ccccc3)c3ccccc3)c1C2.[Cl-].[Cl-]. The Morgan fingerprint density at radius 3 is 1.89 bits per heavy atom. The fourth-order valence-electron chi connectivity index (χ4n) is 8.28. The quantitative estimate of drug-likeness (QED) is 0.252. The minimum Gasteiger partial charge on any atom is -1.00 e. The summed E-state index contributed by atoms with van der Waals surface area (Å²) in [5, 5.41) is 0. The molecule has 0 amide bonds. The van der Waals surface area contributed by atoms with Crippen molar-refractivity contribution in [1.82, 2.24) is 0 Å². The van der Waals surface area contributed by atoms with Gasteiger partial charge in [0.2, 0.25) is 0 Å². The Bertz CT molecular complexity index is 1810. The Morgan fingerprint density at radius 2 is 1.28 bits per heavy atom. The van der Waals surface area contributed by atoms with Gasteiger partial charge in [-0.2, -0.15) is 0 Å². The third-order valence-corrected chi connectivity index (χ3v) is 19.6. The van der Waals surface area contributed by atoms with Crippen molar-refractivity contribution in [3.05, 3.63) is 144 Å². The summed E-state index contributed by atoms with van der Waals surface area (Å²) in [5.41, 5.74) is 16.7. The molecule has 3 aliphatic rings. The number of hydrogen-bond acceptors (Lipinski definition) is 0. The van der Waals surface area contributed by atoms with Gasteiger partial charge in [0.1, 0.15) is 0 Å². The van der Waals surface area contributed by atoms with Crippen molar-refractivity contribution in [2.45, 2.75) is 80.1 Å². The minimum atomic E-state index is -2.81. The van der Waals surface area contributed by atoms with Crippen molar-refractivity contribution in [1.29, 1.82) is 0 Å². The fourth-order valence-corrected chi connectivity index (χ4v) is 17.3. The first-order chi connectivity index (χ1) is 21.2. The molecule has 0 heterocycles. The predicted molar refractivity (Wildman–Crippen MR) is 186 cm³/mol. The van der Waals surface area contributed by atoms with Crippen LogP contribution in [0.15, 0.2) is 99.9 Å². The number of halogens is 2. The average molecular weight is 725 g/mol. The standard InChI is InChI=1S/C17H17.C13H19.C13H10.2ClH.Zr/c1-10-5-14-9-15-6-11(2)13(4)8-17(15)16(14)7-12(10)3;1-11-6-7-12(10-11)13(2)8-4-3-5-9-13;1-3-7-12(8-4-1)11-13-9-5-2-6-10-13;;;/h5,7-8H,9H2,1-4H3;7,10-11H,3-5,8-9H2,1-2H3;1-10H;2*1H;/q;;;;;+2/p-2. The molecule has 0 spiro atoms. The molecule has 0 nitrogen and oxygen atoms in total. The molecule has 1 saturated carbocycles. The van der Waals surface area contributed by atoms with Crippen LogP contribution >= 0.6 is 0 Å². The van der Waals surface area contributed by atoms with Crippen LogP contribution in [-0.2, 0) is 27.7 Å². The summed E-state index contributed by atoms with van der Waals surface area (Å²) in [5.74, 6) is 0.476. The molecule has 7 rings (SSSR count). The molecule has 236 valence electrons. The van der Waals surface area contributed by atoms with Crippen LogP contribution in [0.2, 0.25) is 0 Å². The van der Waals surface area contributed by atoms with Gasteiger partial charge < -0.3 is 24.8 Å². The zero-order chi connectivity index (χ0) is 30.6. The molecule has 0 aromatic heterocycles. The second-order valence-corrected chi connectivity index (χ2v) is 19.8. The van der Waals surface area contributed by atoms with Crippen molar-refractivity contribution < 1.29 is 46.1 Å². The third kappa shape index (κ3) is 6.18. The van der Waals surface area contributed by atoms with Crippen LogP contribution in [0.5, 0.6) is 0 Å². The molecule has 0 aliphatic heterocycles. The smallest absolute Gasteiger partial charge is 1.00 e. The summed E-state index contributed by atoms with van der Waals surface area (Å²) in [4.78, 5) is 0. The fraction of sp³-hybridized carbons (Fsp3) is 0.326. The molecule has 3 heteroatoms. The van der Waals surface area contributed by atoms with Gasteiger partial charge in [-0.3, -0.25) is 0 Å². The number of aryl methyl sites for hydroxylation is 3. The van der Waals surface area contributed by atoms with Gasteiger partial charge >= 0.3 is 275 Å². The first kappa shape index (κ1) is 35.0. The van der Waals surface area contributed by atoms with E-state index >= 15 is 0 Å². The summed E-state index contributed by atoms with van der Waals surface area (Å²) < 4.78 is 5.13. The van der Waals surface area contributed by atoms with Gasteiger partial charge in [-0.05, 0) is 0 Å². The monoisotopic (exact) mass is 722 g/mol. The zero-order valence-corrected chi connectivity index (χ0v) is 32.2. The van der Waals surface area contributed by atoms with Gasteiger partial charge in [0.15, 0.2) is 0 Å².